The average molecular weight is 512 g/mol. The third-order valence-electron chi connectivity index (χ3n) is 8.17. The highest BCUT2D eigenvalue weighted by molar-refractivity contribution is 7.17. The molecule has 2 heterocycles. The van der Waals surface area contributed by atoms with Crippen molar-refractivity contribution >= 4 is 28.5 Å². The molecule has 1 aliphatic rings. The fraction of sp³-hybridized carbons (Fsp3) is 0.375. The number of hydrogen-bond acceptors (Lipinski definition) is 4. The number of nitrogens with zero attached hydrogens (tertiary/aromatic N) is 1. The Morgan fingerprint density at radius 1 is 0.784 bits per heavy atom. The summed E-state index contributed by atoms with van der Waals surface area (Å²) in [4.78, 5) is 2.62. The van der Waals surface area contributed by atoms with Gasteiger partial charge < -0.3 is 9.31 Å². The molecule has 0 saturated carbocycles. The topological polar surface area (TPSA) is 21.7 Å². The van der Waals surface area contributed by atoms with E-state index in [-0.39, 0.29) is 30.2 Å². The Kier molecular flexibility index (Phi) is 7.60. The normalized spacial score (nSPS) is 18.4. The van der Waals surface area contributed by atoms with Gasteiger partial charge in [0.25, 0.3) is 0 Å². The zero-order chi connectivity index (χ0) is 26.0. The molecule has 0 bridgehead atoms. The SMILES string of the molecule is CC[C@@H](B1OC(C)(C)C(C)(C)O1)[C@@H](c1ccc2sccc2c1)N(Cc1ccccc1)Cc1ccccc1. The van der Waals surface area contributed by atoms with Gasteiger partial charge in [-0.05, 0) is 73.4 Å². The Balaban J connectivity index is 1.61. The molecule has 5 rings (SSSR count). The molecule has 192 valence electrons. The first kappa shape index (κ1) is 26.2. The lowest BCUT2D eigenvalue weighted by atomic mass is 9.64. The lowest BCUT2D eigenvalue weighted by Gasteiger charge is -2.38. The summed E-state index contributed by atoms with van der Waals surface area (Å²) in [6.45, 7) is 12.6. The van der Waals surface area contributed by atoms with Gasteiger partial charge in [0.15, 0.2) is 0 Å². The molecule has 0 N–H and O–H groups in total. The van der Waals surface area contributed by atoms with Gasteiger partial charge in [-0.2, -0.15) is 0 Å². The van der Waals surface area contributed by atoms with Gasteiger partial charge in [-0.1, -0.05) is 80.1 Å². The smallest absolute Gasteiger partial charge is 0.403 e. The molecule has 1 aliphatic heterocycles. The Morgan fingerprint density at radius 3 is 1.89 bits per heavy atom. The van der Waals surface area contributed by atoms with E-state index in [0.29, 0.717) is 0 Å². The first-order valence-electron chi connectivity index (χ1n) is 13.4. The van der Waals surface area contributed by atoms with Gasteiger partial charge in [0.2, 0.25) is 0 Å². The Morgan fingerprint density at radius 2 is 1.35 bits per heavy atom. The Hall–Kier alpha value is -2.44. The summed E-state index contributed by atoms with van der Waals surface area (Å²) in [5, 5.41) is 3.48. The van der Waals surface area contributed by atoms with Crippen LogP contribution in [0.25, 0.3) is 10.1 Å². The number of rotatable bonds is 9. The van der Waals surface area contributed by atoms with Crippen molar-refractivity contribution in [3.05, 3.63) is 107 Å². The lowest BCUT2D eigenvalue weighted by molar-refractivity contribution is 0.00578. The molecule has 0 aliphatic carbocycles. The molecule has 1 aromatic heterocycles. The number of fused-ring (bicyclic) bond motifs is 1. The molecular weight excluding hydrogens is 473 g/mol. The van der Waals surface area contributed by atoms with Gasteiger partial charge in [0, 0.05) is 29.6 Å². The maximum atomic E-state index is 6.70. The lowest BCUT2D eigenvalue weighted by Crippen LogP contribution is -2.41. The van der Waals surface area contributed by atoms with Crippen molar-refractivity contribution in [2.24, 2.45) is 0 Å². The second-order valence-electron chi connectivity index (χ2n) is 11.2. The van der Waals surface area contributed by atoms with Gasteiger partial charge in [-0.15, -0.1) is 11.3 Å². The minimum Gasteiger partial charge on any atom is -0.403 e. The first-order valence-corrected chi connectivity index (χ1v) is 14.3. The van der Waals surface area contributed by atoms with Gasteiger partial charge in [-0.3, -0.25) is 4.90 Å². The third kappa shape index (κ3) is 5.56. The molecule has 2 atom stereocenters. The van der Waals surface area contributed by atoms with E-state index in [4.69, 9.17) is 9.31 Å². The van der Waals surface area contributed by atoms with Crippen molar-refractivity contribution < 1.29 is 9.31 Å². The number of hydrogen-bond donors (Lipinski definition) is 0. The van der Waals surface area contributed by atoms with Crippen molar-refractivity contribution in [1.82, 2.24) is 4.90 Å². The Bertz CT molecular complexity index is 1250. The predicted molar refractivity (Wildman–Crippen MR) is 157 cm³/mol. The van der Waals surface area contributed by atoms with Crippen molar-refractivity contribution in [2.45, 2.75) is 77.2 Å². The van der Waals surface area contributed by atoms with E-state index in [1.165, 1.54) is 26.8 Å². The van der Waals surface area contributed by atoms with Crippen LogP contribution in [0.4, 0.5) is 0 Å². The van der Waals surface area contributed by atoms with Gasteiger partial charge in [0.1, 0.15) is 0 Å². The van der Waals surface area contributed by atoms with Crippen LogP contribution in [0, 0.1) is 0 Å². The molecule has 37 heavy (non-hydrogen) atoms. The third-order valence-corrected chi connectivity index (χ3v) is 9.06. The van der Waals surface area contributed by atoms with Crippen LogP contribution >= 0.6 is 11.3 Å². The maximum absolute atomic E-state index is 6.70. The minimum atomic E-state index is -0.364. The number of benzene rings is 3. The zero-order valence-electron chi connectivity index (χ0n) is 22.7. The van der Waals surface area contributed by atoms with E-state index in [2.05, 4.69) is 130 Å². The first-order chi connectivity index (χ1) is 17.8. The summed E-state index contributed by atoms with van der Waals surface area (Å²) >= 11 is 1.80. The molecule has 5 heteroatoms. The maximum Gasteiger partial charge on any atom is 0.463 e. The van der Waals surface area contributed by atoms with E-state index in [9.17, 15) is 0 Å². The molecule has 3 aromatic carbocycles. The average Bonchev–Trinajstić information content (AvgIpc) is 3.43. The van der Waals surface area contributed by atoms with Gasteiger partial charge in [-0.25, -0.2) is 0 Å². The van der Waals surface area contributed by atoms with Crippen LogP contribution in [0.15, 0.2) is 90.3 Å². The monoisotopic (exact) mass is 511 g/mol. The second-order valence-corrected chi connectivity index (χ2v) is 12.2. The van der Waals surface area contributed by atoms with Crippen LogP contribution in [0.2, 0.25) is 5.82 Å². The van der Waals surface area contributed by atoms with Crippen molar-refractivity contribution in [3.8, 4) is 0 Å². The van der Waals surface area contributed by atoms with Crippen LogP contribution < -0.4 is 0 Å². The molecule has 3 nitrogen and oxygen atoms in total. The van der Waals surface area contributed by atoms with Crippen LogP contribution in [0.5, 0.6) is 0 Å². The van der Waals surface area contributed by atoms with Crippen molar-refractivity contribution in [3.63, 3.8) is 0 Å². The Labute approximate surface area is 226 Å². The quantitative estimate of drug-likeness (QED) is 0.210. The molecule has 0 amide bonds. The molecule has 4 aromatic rings. The van der Waals surface area contributed by atoms with Crippen molar-refractivity contribution in [1.29, 1.82) is 0 Å². The van der Waals surface area contributed by atoms with Gasteiger partial charge in [0.05, 0.1) is 11.2 Å². The van der Waals surface area contributed by atoms with E-state index in [1.54, 1.807) is 11.3 Å². The summed E-state index contributed by atoms with van der Waals surface area (Å²) < 4.78 is 14.7. The second kappa shape index (κ2) is 10.7. The van der Waals surface area contributed by atoms with E-state index in [1.807, 2.05) is 0 Å². The predicted octanol–water partition coefficient (Wildman–Crippen LogP) is 8.52. The fourth-order valence-electron chi connectivity index (χ4n) is 5.41. The zero-order valence-corrected chi connectivity index (χ0v) is 23.5. The van der Waals surface area contributed by atoms with E-state index >= 15 is 0 Å². The summed E-state index contributed by atoms with van der Waals surface area (Å²) in [6.07, 6.45) is 0.948. The van der Waals surface area contributed by atoms with E-state index in [0.717, 1.165) is 19.5 Å². The summed E-state index contributed by atoms with van der Waals surface area (Å²) in [5.41, 5.74) is 3.21. The summed E-state index contributed by atoms with van der Waals surface area (Å²) in [5.74, 6) is 0.157. The van der Waals surface area contributed by atoms with Crippen LogP contribution in [-0.2, 0) is 22.4 Å². The number of thiophene rings is 1. The summed E-state index contributed by atoms with van der Waals surface area (Å²) in [7, 11) is -0.285. The minimum absolute atomic E-state index is 0.115. The van der Waals surface area contributed by atoms with Crippen LogP contribution in [-0.4, -0.2) is 23.2 Å². The van der Waals surface area contributed by atoms with Crippen LogP contribution in [0.3, 0.4) is 0 Å². The summed E-state index contributed by atoms with van der Waals surface area (Å²) in [6, 6.07) is 31.0. The highest BCUT2D eigenvalue weighted by Crippen LogP contribution is 2.47. The van der Waals surface area contributed by atoms with Crippen molar-refractivity contribution in [2.75, 3.05) is 0 Å². The highest BCUT2D eigenvalue weighted by Gasteiger charge is 2.55. The largest absolute Gasteiger partial charge is 0.463 e. The van der Waals surface area contributed by atoms with Crippen LogP contribution in [0.1, 0.15) is 63.8 Å². The van der Waals surface area contributed by atoms with Gasteiger partial charge >= 0.3 is 7.12 Å². The molecular formula is C32H38BNO2S. The molecule has 1 saturated heterocycles. The molecule has 0 spiro atoms. The molecule has 1 fully saturated rings. The molecule has 0 radical (unpaired) electrons. The highest BCUT2D eigenvalue weighted by atomic mass is 32.1. The fourth-order valence-corrected chi connectivity index (χ4v) is 6.19. The van der Waals surface area contributed by atoms with E-state index < -0.39 is 0 Å². The molecule has 0 unspecified atom stereocenters. The standard InChI is InChI=1S/C32H38BNO2S/c1-6-28(33-35-31(2,3)32(4,5)36-33)30(27-17-18-29-26(21-27)19-20-37-29)34(22-24-13-9-7-10-14-24)23-25-15-11-8-12-16-25/h7-21,28,30H,6,22-23H2,1-5H3/t28-,30-/m1/s1.